The molecule has 1 N–H and O–H groups in total. The van der Waals surface area contributed by atoms with Crippen LogP contribution in [0.2, 0.25) is 0 Å². The quantitative estimate of drug-likeness (QED) is 0.844. The van der Waals surface area contributed by atoms with Crippen molar-refractivity contribution >= 4 is 17.0 Å². The van der Waals surface area contributed by atoms with Gasteiger partial charge in [0, 0.05) is 18.9 Å². The molecule has 5 nitrogen and oxygen atoms in total. The Bertz CT molecular complexity index is 547. The lowest BCUT2D eigenvalue weighted by atomic mass is 10.4. The summed E-state index contributed by atoms with van der Waals surface area (Å²) in [6.07, 6.45) is -1.22. The van der Waals surface area contributed by atoms with E-state index in [9.17, 15) is 13.2 Å². The topological polar surface area (TPSA) is 59.9 Å². The Kier molecular flexibility index (Phi) is 4.10. The first kappa shape index (κ1) is 13.5. The summed E-state index contributed by atoms with van der Waals surface area (Å²) < 4.78 is 39.9. The van der Waals surface area contributed by atoms with Gasteiger partial charge >= 0.3 is 6.18 Å². The number of anilines is 1. The second kappa shape index (κ2) is 5.79. The highest BCUT2D eigenvalue weighted by Gasteiger charge is 2.27. The summed E-state index contributed by atoms with van der Waals surface area (Å²) in [5.74, 6) is 0.517. The van der Waals surface area contributed by atoms with Crippen molar-refractivity contribution in [1.82, 2.24) is 15.0 Å². The van der Waals surface area contributed by atoms with Crippen molar-refractivity contribution in [2.24, 2.45) is 0 Å². The molecule has 0 fully saturated rings. The molecule has 2 aromatic heterocycles. The average molecular weight is 272 g/mol. The van der Waals surface area contributed by atoms with Gasteiger partial charge in [0.2, 0.25) is 0 Å². The third-order valence-electron chi connectivity index (χ3n) is 2.15. The van der Waals surface area contributed by atoms with Gasteiger partial charge in [0.15, 0.2) is 5.65 Å². The summed E-state index contributed by atoms with van der Waals surface area (Å²) in [7, 11) is 0. The molecule has 0 saturated carbocycles. The molecule has 0 saturated heterocycles. The van der Waals surface area contributed by atoms with E-state index < -0.39 is 12.8 Å². The highest BCUT2D eigenvalue weighted by Crippen LogP contribution is 2.14. The highest BCUT2D eigenvalue weighted by atomic mass is 19.4. The Labute approximate surface area is 106 Å². The van der Waals surface area contributed by atoms with Crippen molar-refractivity contribution < 1.29 is 17.9 Å². The summed E-state index contributed by atoms with van der Waals surface area (Å²) in [5.41, 5.74) is 1.13. The van der Waals surface area contributed by atoms with Crippen molar-refractivity contribution in [3.63, 3.8) is 0 Å². The fourth-order valence-electron chi connectivity index (χ4n) is 1.39. The number of hydrogen-bond donors (Lipinski definition) is 1. The van der Waals surface area contributed by atoms with E-state index in [0.29, 0.717) is 17.0 Å². The fraction of sp³-hybridized carbons (Fsp3) is 0.364. The van der Waals surface area contributed by atoms with Gasteiger partial charge < -0.3 is 10.1 Å². The molecule has 0 spiro atoms. The van der Waals surface area contributed by atoms with Crippen LogP contribution in [0, 0.1) is 0 Å². The second-order valence-electron chi connectivity index (χ2n) is 3.69. The van der Waals surface area contributed by atoms with E-state index >= 15 is 0 Å². The van der Waals surface area contributed by atoms with Crippen LogP contribution in [0.1, 0.15) is 0 Å². The molecule has 102 valence electrons. The molecule has 0 aliphatic heterocycles. The van der Waals surface area contributed by atoms with Crippen LogP contribution in [-0.4, -0.2) is 40.9 Å². The van der Waals surface area contributed by atoms with Gasteiger partial charge in [-0.3, -0.25) is 4.98 Å². The standard InChI is InChI=1S/C11H11F3N4O/c12-11(13,14)7-19-6-5-16-9-2-1-8-10(18-9)17-4-3-15-8/h1-4H,5-7H2,(H,16,17,18). The molecule has 8 heteroatoms. The molecular formula is C11H11F3N4O. The lowest BCUT2D eigenvalue weighted by Gasteiger charge is -2.08. The Morgan fingerprint density at radius 1 is 1.16 bits per heavy atom. The van der Waals surface area contributed by atoms with Crippen molar-refractivity contribution in [2.75, 3.05) is 25.1 Å². The molecular weight excluding hydrogens is 261 g/mol. The van der Waals surface area contributed by atoms with Gasteiger partial charge in [0.05, 0.1) is 6.61 Å². The summed E-state index contributed by atoms with van der Waals surface area (Å²) in [6.45, 7) is -1.07. The molecule has 0 amide bonds. The van der Waals surface area contributed by atoms with Crippen molar-refractivity contribution in [2.45, 2.75) is 6.18 Å². The molecule has 2 rings (SSSR count). The third-order valence-corrected chi connectivity index (χ3v) is 2.15. The molecule has 19 heavy (non-hydrogen) atoms. The van der Waals surface area contributed by atoms with Gasteiger partial charge in [0.1, 0.15) is 17.9 Å². The minimum atomic E-state index is -4.29. The number of nitrogens with one attached hydrogen (secondary N) is 1. The maximum absolute atomic E-state index is 11.8. The van der Waals surface area contributed by atoms with E-state index in [1.165, 1.54) is 6.20 Å². The molecule has 0 bridgehead atoms. The van der Waals surface area contributed by atoms with Crippen LogP contribution >= 0.6 is 0 Å². The van der Waals surface area contributed by atoms with Crippen molar-refractivity contribution in [1.29, 1.82) is 0 Å². The number of alkyl halides is 3. The summed E-state index contributed by atoms with van der Waals surface area (Å²) in [6, 6.07) is 3.41. The number of pyridine rings is 1. The number of rotatable bonds is 5. The predicted octanol–water partition coefficient (Wildman–Crippen LogP) is 2.02. The van der Waals surface area contributed by atoms with E-state index in [-0.39, 0.29) is 13.2 Å². The zero-order valence-electron chi connectivity index (χ0n) is 9.81. The molecule has 2 heterocycles. The minimum Gasteiger partial charge on any atom is -0.370 e. The van der Waals surface area contributed by atoms with Crippen LogP contribution in [0.25, 0.3) is 11.2 Å². The van der Waals surface area contributed by atoms with Crippen LogP contribution in [0.4, 0.5) is 19.0 Å². The van der Waals surface area contributed by atoms with Gasteiger partial charge in [-0.25, -0.2) is 9.97 Å². The van der Waals surface area contributed by atoms with Crippen LogP contribution < -0.4 is 5.32 Å². The predicted molar refractivity (Wildman–Crippen MR) is 62.7 cm³/mol. The number of hydrogen-bond acceptors (Lipinski definition) is 5. The van der Waals surface area contributed by atoms with Gasteiger partial charge in [0.25, 0.3) is 0 Å². The third kappa shape index (κ3) is 4.32. The zero-order valence-corrected chi connectivity index (χ0v) is 9.81. The first-order valence-corrected chi connectivity index (χ1v) is 5.51. The maximum Gasteiger partial charge on any atom is 0.411 e. The molecule has 0 aliphatic rings. The lowest BCUT2D eigenvalue weighted by Crippen LogP contribution is -2.20. The molecule has 0 aromatic carbocycles. The van der Waals surface area contributed by atoms with Gasteiger partial charge in [-0.05, 0) is 12.1 Å². The average Bonchev–Trinajstić information content (AvgIpc) is 2.37. The number of ether oxygens (including phenoxy) is 1. The summed E-state index contributed by atoms with van der Waals surface area (Å²) >= 11 is 0. The van der Waals surface area contributed by atoms with Crippen LogP contribution in [-0.2, 0) is 4.74 Å². The zero-order chi connectivity index (χ0) is 13.7. The van der Waals surface area contributed by atoms with Gasteiger partial charge in [-0.2, -0.15) is 13.2 Å². The van der Waals surface area contributed by atoms with Crippen LogP contribution in [0.5, 0.6) is 0 Å². The molecule has 0 atom stereocenters. The largest absolute Gasteiger partial charge is 0.411 e. The van der Waals surface area contributed by atoms with Gasteiger partial charge in [-0.1, -0.05) is 0 Å². The Morgan fingerprint density at radius 2 is 1.95 bits per heavy atom. The Balaban J connectivity index is 1.82. The highest BCUT2D eigenvalue weighted by molar-refractivity contribution is 5.71. The lowest BCUT2D eigenvalue weighted by molar-refractivity contribution is -0.172. The van der Waals surface area contributed by atoms with Gasteiger partial charge in [-0.15, -0.1) is 0 Å². The van der Waals surface area contributed by atoms with Crippen LogP contribution in [0.3, 0.4) is 0 Å². The minimum absolute atomic E-state index is 0.0559. The first-order valence-electron chi connectivity index (χ1n) is 5.51. The van der Waals surface area contributed by atoms with Crippen molar-refractivity contribution in [3.8, 4) is 0 Å². The monoisotopic (exact) mass is 272 g/mol. The number of halogens is 3. The first-order chi connectivity index (χ1) is 9.04. The smallest absolute Gasteiger partial charge is 0.370 e. The molecule has 0 aliphatic carbocycles. The number of aromatic nitrogens is 3. The summed E-state index contributed by atoms with van der Waals surface area (Å²) in [4.78, 5) is 12.2. The molecule has 2 aromatic rings. The van der Waals surface area contributed by atoms with E-state index in [0.717, 1.165) is 0 Å². The van der Waals surface area contributed by atoms with Crippen molar-refractivity contribution in [3.05, 3.63) is 24.5 Å². The molecule has 0 radical (unpaired) electrons. The van der Waals surface area contributed by atoms with E-state index in [2.05, 4.69) is 25.0 Å². The molecule has 0 unspecified atom stereocenters. The second-order valence-corrected chi connectivity index (χ2v) is 3.69. The number of fused-ring (bicyclic) bond motifs is 1. The van der Waals surface area contributed by atoms with Crippen LogP contribution in [0.15, 0.2) is 24.5 Å². The maximum atomic E-state index is 11.8. The Morgan fingerprint density at radius 3 is 2.74 bits per heavy atom. The normalized spacial score (nSPS) is 11.7. The number of nitrogens with zero attached hydrogens (tertiary/aromatic N) is 3. The van der Waals surface area contributed by atoms with E-state index in [1.807, 2.05) is 0 Å². The summed E-state index contributed by atoms with van der Waals surface area (Å²) in [5, 5.41) is 2.85. The Hall–Kier alpha value is -1.96. The van der Waals surface area contributed by atoms with E-state index in [1.54, 1.807) is 18.3 Å². The van der Waals surface area contributed by atoms with E-state index in [4.69, 9.17) is 0 Å². The fourth-order valence-corrected chi connectivity index (χ4v) is 1.39. The SMILES string of the molecule is FC(F)(F)COCCNc1ccc2nccnc2n1.